The number of rotatable bonds is 5. The molecule has 1 saturated heterocycles. The minimum absolute atomic E-state index is 0.0575. The zero-order valence-electron chi connectivity index (χ0n) is 16.2. The van der Waals surface area contributed by atoms with Crippen LogP contribution >= 0.6 is 11.6 Å². The predicted molar refractivity (Wildman–Crippen MR) is 109 cm³/mol. The van der Waals surface area contributed by atoms with Gasteiger partial charge in [-0.25, -0.2) is 14.2 Å². The number of benzene rings is 1. The molecule has 1 aliphatic heterocycles. The second kappa shape index (κ2) is 9.69. The summed E-state index contributed by atoms with van der Waals surface area (Å²) in [5.74, 6) is -0.270. The third-order valence-corrected chi connectivity index (χ3v) is 5.18. The normalized spacial score (nSPS) is 14.4. The fraction of sp³-hybridized carbons (Fsp3) is 0.381. The molecule has 0 spiro atoms. The first-order valence-corrected chi connectivity index (χ1v) is 9.96. The summed E-state index contributed by atoms with van der Waals surface area (Å²) >= 11 is 6.04. The van der Waals surface area contributed by atoms with Crippen LogP contribution < -0.4 is 4.90 Å². The van der Waals surface area contributed by atoms with Gasteiger partial charge in [0, 0.05) is 43.0 Å². The summed E-state index contributed by atoms with van der Waals surface area (Å²) < 4.78 is 18.9. The Morgan fingerprint density at radius 1 is 1.17 bits per heavy atom. The Hall–Kier alpha value is -2.67. The summed E-state index contributed by atoms with van der Waals surface area (Å²) in [6, 6.07) is 7.89. The van der Waals surface area contributed by atoms with Crippen LogP contribution in [0.2, 0.25) is 5.02 Å². The van der Waals surface area contributed by atoms with Gasteiger partial charge in [0.25, 0.3) is 0 Å². The molecule has 0 bridgehead atoms. The zero-order valence-corrected chi connectivity index (χ0v) is 17.0. The van der Waals surface area contributed by atoms with Gasteiger partial charge in [-0.3, -0.25) is 4.79 Å². The van der Waals surface area contributed by atoms with Gasteiger partial charge in [-0.15, -0.1) is 0 Å². The van der Waals surface area contributed by atoms with Crippen molar-refractivity contribution in [1.29, 1.82) is 0 Å². The van der Waals surface area contributed by atoms with Crippen LogP contribution in [0, 0.1) is 5.82 Å². The van der Waals surface area contributed by atoms with Crippen LogP contribution in [0.4, 0.5) is 10.2 Å². The number of esters is 1. The van der Waals surface area contributed by atoms with Crippen LogP contribution in [0.25, 0.3) is 0 Å². The second-order valence-corrected chi connectivity index (χ2v) is 7.13. The van der Waals surface area contributed by atoms with Crippen molar-refractivity contribution < 1.29 is 18.7 Å². The van der Waals surface area contributed by atoms with Crippen molar-refractivity contribution in [1.82, 2.24) is 9.88 Å². The molecule has 0 aliphatic carbocycles. The lowest BCUT2D eigenvalue weighted by atomic mass is 10.1. The fourth-order valence-corrected chi connectivity index (χ4v) is 3.50. The third-order valence-electron chi connectivity index (χ3n) is 4.82. The van der Waals surface area contributed by atoms with E-state index in [0.717, 1.165) is 18.8 Å². The third kappa shape index (κ3) is 5.23. The highest BCUT2D eigenvalue weighted by atomic mass is 35.5. The number of hydrogen-bond donors (Lipinski definition) is 0. The largest absolute Gasteiger partial charge is 0.462 e. The van der Waals surface area contributed by atoms with Gasteiger partial charge in [0.05, 0.1) is 18.6 Å². The molecule has 8 heteroatoms. The van der Waals surface area contributed by atoms with E-state index in [2.05, 4.69) is 9.88 Å². The lowest BCUT2D eigenvalue weighted by Crippen LogP contribution is -2.36. The lowest BCUT2D eigenvalue weighted by Gasteiger charge is -2.23. The quantitative estimate of drug-likeness (QED) is 0.695. The SMILES string of the molecule is CCOC(=O)c1ccc(N2CCCN(C(=O)Cc3c(F)cccc3Cl)CC2)nc1. The Balaban J connectivity index is 1.61. The minimum atomic E-state index is -0.465. The summed E-state index contributed by atoms with van der Waals surface area (Å²) in [4.78, 5) is 32.6. The molecule has 0 N–H and O–H groups in total. The highest BCUT2D eigenvalue weighted by molar-refractivity contribution is 6.31. The van der Waals surface area contributed by atoms with Gasteiger partial charge in [0.2, 0.25) is 5.91 Å². The Labute approximate surface area is 174 Å². The van der Waals surface area contributed by atoms with Gasteiger partial charge in [0.1, 0.15) is 11.6 Å². The molecule has 2 aromatic rings. The van der Waals surface area contributed by atoms with Crippen LogP contribution in [0.15, 0.2) is 36.5 Å². The molecule has 3 rings (SSSR count). The van der Waals surface area contributed by atoms with Gasteiger partial charge >= 0.3 is 5.97 Å². The predicted octanol–water partition coefficient (Wildman–Crippen LogP) is 3.33. The summed E-state index contributed by atoms with van der Waals surface area (Å²) in [5.41, 5.74) is 0.639. The summed E-state index contributed by atoms with van der Waals surface area (Å²) in [7, 11) is 0. The number of carbonyl (C=O) groups excluding carboxylic acids is 2. The molecule has 0 unspecified atom stereocenters. The molecule has 29 heavy (non-hydrogen) atoms. The smallest absolute Gasteiger partial charge is 0.339 e. The number of halogens is 2. The zero-order chi connectivity index (χ0) is 20.8. The van der Waals surface area contributed by atoms with Crippen molar-refractivity contribution in [2.45, 2.75) is 19.8 Å². The number of nitrogens with zero attached hydrogens (tertiary/aromatic N) is 3. The molecule has 0 radical (unpaired) electrons. The van der Waals surface area contributed by atoms with E-state index in [0.29, 0.717) is 31.8 Å². The van der Waals surface area contributed by atoms with Gasteiger partial charge in [-0.05, 0) is 37.6 Å². The van der Waals surface area contributed by atoms with Crippen molar-refractivity contribution in [2.75, 3.05) is 37.7 Å². The van der Waals surface area contributed by atoms with Crippen LogP contribution in [0.1, 0.15) is 29.3 Å². The average molecular weight is 420 g/mol. The van der Waals surface area contributed by atoms with Crippen LogP contribution in [0.3, 0.4) is 0 Å². The first kappa shape index (κ1) is 21.0. The monoisotopic (exact) mass is 419 g/mol. The second-order valence-electron chi connectivity index (χ2n) is 6.72. The molecule has 1 aromatic heterocycles. The number of pyridine rings is 1. The number of amides is 1. The highest BCUT2D eigenvalue weighted by Crippen LogP contribution is 2.21. The maximum Gasteiger partial charge on any atom is 0.339 e. The number of ether oxygens (including phenoxy) is 1. The number of aromatic nitrogens is 1. The summed E-state index contributed by atoms with van der Waals surface area (Å²) in [5, 5.41) is 0.265. The number of hydrogen-bond acceptors (Lipinski definition) is 5. The van der Waals surface area contributed by atoms with Crippen molar-refractivity contribution in [2.24, 2.45) is 0 Å². The topological polar surface area (TPSA) is 62.7 Å². The van der Waals surface area contributed by atoms with Crippen LogP contribution in [0.5, 0.6) is 0 Å². The maximum absolute atomic E-state index is 14.0. The molecule has 2 heterocycles. The Kier molecular flexibility index (Phi) is 7.04. The molecule has 1 aliphatic rings. The van der Waals surface area contributed by atoms with Gasteiger partial charge < -0.3 is 14.5 Å². The van der Waals surface area contributed by atoms with E-state index >= 15 is 0 Å². The van der Waals surface area contributed by atoms with Gasteiger partial charge in [-0.2, -0.15) is 0 Å². The number of anilines is 1. The fourth-order valence-electron chi connectivity index (χ4n) is 3.27. The minimum Gasteiger partial charge on any atom is -0.462 e. The standard InChI is InChI=1S/C21H23ClFN3O3/c1-2-29-21(28)15-7-8-19(24-14-15)25-9-4-10-26(12-11-25)20(27)13-16-17(22)5-3-6-18(16)23/h3,5-8,14H,2,4,9-13H2,1H3. The Bertz CT molecular complexity index is 856. The van der Waals surface area contributed by atoms with Crippen molar-refractivity contribution in [3.05, 3.63) is 58.5 Å². The molecule has 0 atom stereocenters. The van der Waals surface area contributed by atoms with E-state index in [-0.39, 0.29) is 22.9 Å². The van der Waals surface area contributed by atoms with E-state index in [1.165, 1.54) is 18.3 Å². The van der Waals surface area contributed by atoms with E-state index in [9.17, 15) is 14.0 Å². The first-order valence-electron chi connectivity index (χ1n) is 9.58. The highest BCUT2D eigenvalue weighted by Gasteiger charge is 2.22. The molecule has 1 fully saturated rings. The van der Waals surface area contributed by atoms with Crippen molar-refractivity contribution in [3.63, 3.8) is 0 Å². The molecule has 6 nitrogen and oxygen atoms in total. The van der Waals surface area contributed by atoms with E-state index < -0.39 is 11.8 Å². The van der Waals surface area contributed by atoms with E-state index in [1.54, 1.807) is 30.0 Å². The van der Waals surface area contributed by atoms with E-state index in [4.69, 9.17) is 16.3 Å². The molecule has 1 aromatic carbocycles. The van der Waals surface area contributed by atoms with E-state index in [1.807, 2.05) is 0 Å². The molecular formula is C21H23ClFN3O3. The van der Waals surface area contributed by atoms with Crippen LogP contribution in [-0.4, -0.2) is 54.5 Å². The Morgan fingerprint density at radius 3 is 2.69 bits per heavy atom. The van der Waals surface area contributed by atoms with Crippen molar-refractivity contribution in [3.8, 4) is 0 Å². The molecule has 1 amide bonds. The van der Waals surface area contributed by atoms with Gasteiger partial charge in [0.15, 0.2) is 0 Å². The lowest BCUT2D eigenvalue weighted by molar-refractivity contribution is -0.130. The summed E-state index contributed by atoms with van der Waals surface area (Å²) in [6.07, 6.45) is 2.21. The van der Waals surface area contributed by atoms with Gasteiger partial charge in [-0.1, -0.05) is 17.7 Å². The van der Waals surface area contributed by atoms with Crippen molar-refractivity contribution >= 4 is 29.3 Å². The Morgan fingerprint density at radius 2 is 2.00 bits per heavy atom. The first-order chi connectivity index (χ1) is 14.0. The number of carbonyl (C=O) groups is 2. The average Bonchev–Trinajstić information content (AvgIpc) is 2.97. The summed E-state index contributed by atoms with van der Waals surface area (Å²) in [6.45, 7) is 4.49. The molecular weight excluding hydrogens is 397 g/mol. The maximum atomic E-state index is 14.0. The molecule has 154 valence electrons. The molecule has 0 saturated carbocycles. The van der Waals surface area contributed by atoms with Crippen LogP contribution in [-0.2, 0) is 16.0 Å².